The Morgan fingerprint density at radius 1 is 1.09 bits per heavy atom. The Hall–Kier alpha value is -1.73. The summed E-state index contributed by atoms with van der Waals surface area (Å²) in [4.78, 5) is 3.00. The SMILES string of the molecule is N#CCc1c[nH]c2c(-c3c(Cl)ccc(Cl)c3Cl)ccc(F)c12. The first-order valence-electron chi connectivity index (χ1n) is 6.34. The summed E-state index contributed by atoms with van der Waals surface area (Å²) in [5, 5.41) is 10.3. The number of rotatable bonds is 2. The van der Waals surface area contributed by atoms with E-state index in [1.54, 1.807) is 24.4 Å². The van der Waals surface area contributed by atoms with Crippen LogP contribution in [0.2, 0.25) is 15.1 Å². The fourth-order valence-corrected chi connectivity index (χ4v) is 3.21. The van der Waals surface area contributed by atoms with Crippen molar-refractivity contribution in [2.45, 2.75) is 6.42 Å². The van der Waals surface area contributed by atoms with Crippen LogP contribution in [0.15, 0.2) is 30.5 Å². The second kappa shape index (κ2) is 5.81. The molecule has 2 aromatic carbocycles. The van der Waals surface area contributed by atoms with E-state index < -0.39 is 5.82 Å². The quantitative estimate of drug-likeness (QED) is 0.564. The average Bonchev–Trinajstić information content (AvgIpc) is 2.91. The Labute approximate surface area is 141 Å². The van der Waals surface area contributed by atoms with Gasteiger partial charge in [0.1, 0.15) is 5.82 Å². The molecule has 0 aliphatic heterocycles. The van der Waals surface area contributed by atoms with Crippen molar-refractivity contribution in [2.24, 2.45) is 0 Å². The van der Waals surface area contributed by atoms with E-state index in [4.69, 9.17) is 40.1 Å². The van der Waals surface area contributed by atoms with Crippen LogP contribution in [0.25, 0.3) is 22.0 Å². The molecule has 0 amide bonds. The van der Waals surface area contributed by atoms with Gasteiger partial charge in [-0.15, -0.1) is 0 Å². The fraction of sp³-hybridized carbons (Fsp3) is 0.0625. The fourth-order valence-electron chi connectivity index (χ4n) is 2.48. The van der Waals surface area contributed by atoms with Gasteiger partial charge in [-0.1, -0.05) is 34.8 Å². The van der Waals surface area contributed by atoms with Crippen molar-refractivity contribution in [3.8, 4) is 17.2 Å². The van der Waals surface area contributed by atoms with Crippen molar-refractivity contribution >= 4 is 45.7 Å². The normalized spacial score (nSPS) is 10.9. The third-order valence-electron chi connectivity index (χ3n) is 3.45. The molecular weight excluding hydrogens is 346 g/mol. The Morgan fingerprint density at radius 2 is 1.82 bits per heavy atom. The third-order valence-corrected chi connectivity index (χ3v) is 4.57. The molecule has 1 heterocycles. The second-order valence-electron chi connectivity index (χ2n) is 4.71. The monoisotopic (exact) mass is 352 g/mol. The van der Waals surface area contributed by atoms with Crippen molar-refractivity contribution in [3.05, 3.63) is 56.9 Å². The van der Waals surface area contributed by atoms with Crippen LogP contribution in [-0.4, -0.2) is 4.98 Å². The lowest BCUT2D eigenvalue weighted by Gasteiger charge is -2.10. The molecule has 0 fully saturated rings. The van der Waals surface area contributed by atoms with Gasteiger partial charge in [0.15, 0.2) is 0 Å². The summed E-state index contributed by atoms with van der Waals surface area (Å²) in [6.45, 7) is 0. The molecule has 0 aliphatic rings. The third kappa shape index (κ3) is 2.34. The molecule has 0 unspecified atom stereocenters. The maximum Gasteiger partial charge on any atom is 0.132 e. The molecule has 110 valence electrons. The van der Waals surface area contributed by atoms with E-state index in [0.717, 1.165) is 0 Å². The molecule has 1 aromatic heterocycles. The van der Waals surface area contributed by atoms with E-state index in [2.05, 4.69) is 4.98 Å². The summed E-state index contributed by atoms with van der Waals surface area (Å²) < 4.78 is 14.2. The van der Waals surface area contributed by atoms with Crippen molar-refractivity contribution < 1.29 is 4.39 Å². The van der Waals surface area contributed by atoms with Crippen LogP contribution in [-0.2, 0) is 6.42 Å². The summed E-state index contributed by atoms with van der Waals surface area (Å²) >= 11 is 18.6. The number of nitrogens with one attached hydrogen (secondary N) is 1. The molecule has 0 bridgehead atoms. The molecule has 0 atom stereocenters. The van der Waals surface area contributed by atoms with E-state index in [0.29, 0.717) is 42.7 Å². The predicted octanol–water partition coefficient (Wildman–Crippen LogP) is 6.00. The number of benzene rings is 2. The van der Waals surface area contributed by atoms with Crippen LogP contribution in [0, 0.1) is 17.1 Å². The molecule has 0 aliphatic carbocycles. The van der Waals surface area contributed by atoms with E-state index in [-0.39, 0.29) is 6.42 Å². The Bertz CT molecular complexity index is 925. The standard InChI is InChI=1S/C16H8Cl3FN2/c17-10-2-3-11(18)15(19)14(10)9-1-4-12(20)13-8(5-6-21)7-22-16(9)13/h1-4,7,22H,5H2. The van der Waals surface area contributed by atoms with Gasteiger partial charge >= 0.3 is 0 Å². The van der Waals surface area contributed by atoms with Crippen molar-refractivity contribution in [1.82, 2.24) is 4.98 Å². The maximum absolute atomic E-state index is 14.2. The predicted molar refractivity (Wildman–Crippen MR) is 88.0 cm³/mol. The van der Waals surface area contributed by atoms with Crippen molar-refractivity contribution in [2.75, 3.05) is 0 Å². The molecule has 0 radical (unpaired) electrons. The maximum atomic E-state index is 14.2. The summed E-state index contributed by atoms with van der Waals surface area (Å²) in [5.41, 5.74) is 2.30. The molecule has 0 saturated heterocycles. The Kier molecular flexibility index (Phi) is 4.01. The van der Waals surface area contributed by atoms with Gasteiger partial charge in [-0.05, 0) is 29.8 Å². The highest BCUT2D eigenvalue weighted by Crippen LogP contribution is 2.42. The molecule has 1 N–H and O–H groups in total. The van der Waals surface area contributed by atoms with Crippen molar-refractivity contribution in [3.63, 3.8) is 0 Å². The number of aromatic nitrogens is 1. The minimum atomic E-state index is -0.403. The van der Waals surface area contributed by atoms with Crippen LogP contribution in [0.4, 0.5) is 4.39 Å². The van der Waals surface area contributed by atoms with Gasteiger partial charge < -0.3 is 4.98 Å². The summed E-state index contributed by atoms with van der Waals surface area (Å²) in [7, 11) is 0. The number of fused-ring (bicyclic) bond motifs is 1. The van der Waals surface area contributed by atoms with Gasteiger partial charge in [0.05, 0.1) is 33.1 Å². The number of H-pyrrole nitrogens is 1. The smallest absolute Gasteiger partial charge is 0.132 e. The van der Waals surface area contributed by atoms with Crippen molar-refractivity contribution in [1.29, 1.82) is 5.26 Å². The summed E-state index contributed by atoms with van der Waals surface area (Å²) in [6.07, 6.45) is 1.73. The minimum absolute atomic E-state index is 0.109. The first-order chi connectivity index (χ1) is 10.5. The van der Waals surface area contributed by atoms with Gasteiger partial charge in [0.2, 0.25) is 0 Å². The molecule has 3 aromatic rings. The highest BCUT2D eigenvalue weighted by molar-refractivity contribution is 6.46. The number of aromatic amines is 1. The number of hydrogen-bond donors (Lipinski definition) is 1. The second-order valence-corrected chi connectivity index (χ2v) is 5.90. The van der Waals surface area contributed by atoms with Gasteiger partial charge in [0.25, 0.3) is 0 Å². The highest BCUT2D eigenvalue weighted by atomic mass is 35.5. The zero-order chi connectivity index (χ0) is 15.9. The van der Waals surface area contributed by atoms with Crippen LogP contribution >= 0.6 is 34.8 Å². The summed E-state index contributed by atoms with van der Waals surface area (Å²) in [5.74, 6) is -0.403. The lowest BCUT2D eigenvalue weighted by atomic mass is 10.0. The minimum Gasteiger partial charge on any atom is -0.360 e. The number of halogens is 4. The van der Waals surface area contributed by atoms with E-state index in [1.807, 2.05) is 6.07 Å². The topological polar surface area (TPSA) is 39.6 Å². The van der Waals surface area contributed by atoms with Crippen LogP contribution in [0.5, 0.6) is 0 Å². The zero-order valence-corrected chi connectivity index (χ0v) is 13.3. The van der Waals surface area contributed by atoms with Gasteiger partial charge in [-0.2, -0.15) is 5.26 Å². The summed E-state index contributed by atoms with van der Waals surface area (Å²) in [6, 6.07) is 8.19. The molecule has 0 saturated carbocycles. The number of nitriles is 1. The van der Waals surface area contributed by atoms with E-state index in [9.17, 15) is 4.39 Å². The lowest BCUT2D eigenvalue weighted by molar-refractivity contribution is 0.639. The Morgan fingerprint density at radius 3 is 2.55 bits per heavy atom. The van der Waals surface area contributed by atoms with Crippen LogP contribution < -0.4 is 0 Å². The Balaban J connectivity index is 2.37. The van der Waals surface area contributed by atoms with Gasteiger partial charge in [-0.3, -0.25) is 0 Å². The number of nitrogens with zero attached hydrogens (tertiary/aromatic N) is 1. The largest absolute Gasteiger partial charge is 0.360 e. The van der Waals surface area contributed by atoms with Crippen LogP contribution in [0.3, 0.4) is 0 Å². The zero-order valence-electron chi connectivity index (χ0n) is 11.1. The first kappa shape index (κ1) is 15.2. The molecule has 3 rings (SSSR count). The average molecular weight is 354 g/mol. The molecule has 6 heteroatoms. The first-order valence-corrected chi connectivity index (χ1v) is 7.47. The molecule has 0 spiro atoms. The molecule has 2 nitrogen and oxygen atoms in total. The van der Waals surface area contributed by atoms with E-state index >= 15 is 0 Å². The van der Waals surface area contributed by atoms with Crippen LogP contribution in [0.1, 0.15) is 5.56 Å². The highest BCUT2D eigenvalue weighted by Gasteiger charge is 2.18. The molecule has 22 heavy (non-hydrogen) atoms. The number of hydrogen-bond acceptors (Lipinski definition) is 1. The van der Waals surface area contributed by atoms with Gasteiger partial charge in [-0.25, -0.2) is 4.39 Å². The van der Waals surface area contributed by atoms with E-state index in [1.165, 1.54) is 6.07 Å². The van der Waals surface area contributed by atoms with Gasteiger partial charge in [0, 0.05) is 22.7 Å². The molecular formula is C16H8Cl3FN2. The lowest BCUT2D eigenvalue weighted by Crippen LogP contribution is -1.88.